The Labute approximate surface area is 336 Å². The van der Waals surface area contributed by atoms with E-state index in [1.54, 1.807) is 6.08 Å². The lowest BCUT2D eigenvalue weighted by molar-refractivity contribution is 0.381. The molecule has 1 N–H and O–H groups in total. The molecular weight excluding hydrogens is 709 g/mol. The molecule has 4 heterocycles. The molecule has 0 spiro atoms. The summed E-state index contributed by atoms with van der Waals surface area (Å²) in [6.07, 6.45) is 20.6. The molecule has 0 fully saturated rings. The lowest BCUT2D eigenvalue weighted by atomic mass is 9.87. The van der Waals surface area contributed by atoms with E-state index in [2.05, 4.69) is 178 Å². The number of hydrogen-bond acceptors (Lipinski definition) is 3. The van der Waals surface area contributed by atoms with E-state index in [9.17, 15) is 5.11 Å². The minimum atomic E-state index is 0.0174. The van der Waals surface area contributed by atoms with E-state index in [1.165, 1.54) is 77.2 Å². The van der Waals surface area contributed by atoms with Gasteiger partial charge in [-0.25, -0.2) is 0 Å². The van der Waals surface area contributed by atoms with E-state index in [0.717, 1.165) is 29.9 Å². The number of aromatic nitrogens is 2. The van der Waals surface area contributed by atoms with Crippen molar-refractivity contribution >= 4 is 77.8 Å². The number of aliphatic hydroxyl groups is 1. The average Bonchev–Trinajstić information content (AvgIpc) is 3.99. The van der Waals surface area contributed by atoms with Crippen LogP contribution in [0.5, 0.6) is 0 Å². The Kier molecular flexibility index (Phi) is 7.18. The normalized spacial score (nSPS) is 17.2. The van der Waals surface area contributed by atoms with Crippen molar-refractivity contribution in [2.75, 3.05) is 9.80 Å². The Morgan fingerprint density at radius 1 is 0.655 bits per heavy atom. The quantitative estimate of drug-likeness (QED) is 0.130. The smallest absolute Gasteiger partial charge is 0.191 e. The molecule has 0 radical (unpaired) electrons. The van der Waals surface area contributed by atoms with Crippen molar-refractivity contribution in [3.63, 3.8) is 0 Å². The number of nitrogens with zero attached hydrogens (tertiary/aromatic N) is 4. The van der Waals surface area contributed by atoms with Crippen molar-refractivity contribution in [1.82, 2.24) is 8.97 Å². The van der Waals surface area contributed by atoms with Crippen LogP contribution < -0.4 is 9.80 Å². The molecule has 58 heavy (non-hydrogen) atoms. The van der Waals surface area contributed by atoms with Gasteiger partial charge in [0, 0.05) is 72.5 Å². The molecule has 12 rings (SSSR count). The second-order valence-corrected chi connectivity index (χ2v) is 15.7. The number of fused-ring (bicyclic) bond motifs is 12. The van der Waals surface area contributed by atoms with E-state index in [-0.39, 0.29) is 17.8 Å². The molecular formula is C53H40N4O. The molecule has 3 aliphatic rings. The van der Waals surface area contributed by atoms with Crippen molar-refractivity contribution in [1.29, 1.82) is 0 Å². The highest BCUT2D eigenvalue weighted by Crippen LogP contribution is 2.52. The molecule has 9 aromatic rings. The van der Waals surface area contributed by atoms with Crippen molar-refractivity contribution in [3.8, 4) is 5.69 Å². The summed E-state index contributed by atoms with van der Waals surface area (Å²) in [7, 11) is 0. The van der Waals surface area contributed by atoms with Crippen molar-refractivity contribution in [2.24, 2.45) is 0 Å². The molecule has 3 aromatic heterocycles. The van der Waals surface area contributed by atoms with Crippen LogP contribution in [0, 0.1) is 0 Å². The molecule has 2 aliphatic carbocycles. The third-order valence-electron chi connectivity index (χ3n) is 12.6. The fraction of sp³-hybridized carbons (Fsp3) is 0.0943. The maximum atomic E-state index is 11.4. The minimum Gasteiger partial charge on any atom is -0.494 e. The highest BCUT2D eigenvalue weighted by atomic mass is 16.3. The zero-order chi connectivity index (χ0) is 38.5. The van der Waals surface area contributed by atoms with Crippen LogP contribution in [0.25, 0.3) is 60.8 Å². The number of benzene rings is 6. The first-order valence-corrected chi connectivity index (χ1v) is 20.3. The van der Waals surface area contributed by atoms with Crippen LogP contribution in [0.15, 0.2) is 182 Å². The van der Waals surface area contributed by atoms with Gasteiger partial charge in [0.15, 0.2) is 5.88 Å². The molecule has 5 nitrogen and oxygen atoms in total. The van der Waals surface area contributed by atoms with Crippen molar-refractivity contribution in [3.05, 3.63) is 199 Å². The molecule has 0 amide bonds. The summed E-state index contributed by atoms with van der Waals surface area (Å²) in [5, 5.41) is 17.6. The highest BCUT2D eigenvalue weighted by Gasteiger charge is 2.36. The summed E-state index contributed by atoms with van der Waals surface area (Å²) in [4.78, 5) is 4.42. The number of anilines is 4. The van der Waals surface area contributed by atoms with Gasteiger partial charge in [-0.05, 0) is 104 Å². The van der Waals surface area contributed by atoms with Gasteiger partial charge in [0.25, 0.3) is 0 Å². The monoisotopic (exact) mass is 748 g/mol. The molecule has 0 saturated heterocycles. The van der Waals surface area contributed by atoms with Gasteiger partial charge in [-0.2, -0.15) is 0 Å². The summed E-state index contributed by atoms with van der Waals surface area (Å²) in [5.41, 5.74) is 14.7. The number of rotatable bonds is 7. The molecule has 2 atom stereocenters. The van der Waals surface area contributed by atoms with Gasteiger partial charge >= 0.3 is 0 Å². The van der Waals surface area contributed by atoms with Gasteiger partial charge in [-0.1, -0.05) is 103 Å². The summed E-state index contributed by atoms with van der Waals surface area (Å²) < 4.78 is 5.03. The van der Waals surface area contributed by atoms with Crippen molar-refractivity contribution < 1.29 is 5.11 Å². The number of para-hydroxylation sites is 3. The first-order valence-electron chi connectivity index (χ1n) is 20.3. The zero-order valence-electron chi connectivity index (χ0n) is 32.1. The van der Waals surface area contributed by atoms with E-state index in [1.807, 2.05) is 24.0 Å². The van der Waals surface area contributed by atoms with E-state index < -0.39 is 0 Å². The van der Waals surface area contributed by atoms with Crippen LogP contribution in [0.4, 0.5) is 22.7 Å². The number of allylic oxidation sites excluding steroid dienone is 6. The molecule has 2 unspecified atom stereocenters. The van der Waals surface area contributed by atoms with Crippen molar-refractivity contribution in [2.45, 2.75) is 31.7 Å². The largest absolute Gasteiger partial charge is 0.494 e. The van der Waals surface area contributed by atoms with Gasteiger partial charge in [0.2, 0.25) is 0 Å². The Morgan fingerprint density at radius 3 is 2.14 bits per heavy atom. The summed E-state index contributed by atoms with van der Waals surface area (Å²) >= 11 is 0. The molecule has 278 valence electrons. The predicted molar refractivity (Wildman–Crippen MR) is 243 cm³/mol. The Bertz CT molecular complexity index is 3230. The van der Waals surface area contributed by atoms with E-state index in [0.29, 0.717) is 0 Å². The molecule has 1 aliphatic heterocycles. The third-order valence-corrected chi connectivity index (χ3v) is 12.6. The average molecular weight is 749 g/mol. The summed E-state index contributed by atoms with van der Waals surface area (Å²) in [6.45, 7) is 1.96. The molecule has 5 heteroatoms. The van der Waals surface area contributed by atoms with Gasteiger partial charge < -0.3 is 23.9 Å². The zero-order valence-corrected chi connectivity index (χ0v) is 32.1. The van der Waals surface area contributed by atoms with Crippen LogP contribution in [-0.4, -0.2) is 20.1 Å². The van der Waals surface area contributed by atoms with Gasteiger partial charge in [0.05, 0.1) is 28.1 Å². The van der Waals surface area contributed by atoms with Crippen LogP contribution in [0.1, 0.15) is 42.5 Å². The maximum Gasteiger partial charge on any atom is 0.191 e. The van der Waals surface area contributed by atoms with E-state index >= 15 is 0 Å². The van der Waals surface area contributed by atoms with Crippen LogP contribution in [0.2, 0.25) is 0 Å². The lowest BCUT2D eigenvalue weighted by Crippen LogP contribution is -2.33. The van der Waals surface area contributed by atoms with Crippen LogP contribution in [0.3, 0.4) is 0 Å². The first kappa shape index (κ1) is 33.0. The molecule has 0 bridgehead atoms. The van der Waals surface area contributed by atoms with Gasteiger partial charge in [-0.15, -0.1) is 0 Å². The topological polar surface area (TPSA) is 36.1 Å². The van der Waals surface area contributed by atoms with Gasteiger partial charge in [-0.3, -0.25) is 0 Å². The predicted octanol–water partition coefficient (Wildman–Crippen LogP) is 13.8. The van der Waals surface area contributed by atoms with Crippen LogP contribution in [-0.2, 0) is 0 Å². The fourth-order valence-corrected chi connectivity index (χ4v) is 10.2. The Balaban J connectivity index is 1.04. The summed E-state index contributed by atoms with van der Waals surface area (Å²) in [6, 6.07) is 46.8. The van der Waals surface area contributed by atoms with Gasteiger partial charge in [0.1, 0.15) is 0 Å². The number of aliphatic hydroxyl groups excluding tert-OH is 1. The second-order valence-electron chi connectivity index (χ2n) is 15.7. The molecule has 0 saturated carbocycles. The fourth-order valence-electron chi connectivity index (χ4n) is 10.2. The molecule has 6 aromatic carbocycles. The Hall–Kier alpha value is -7.24. The summed E-state index contributed by atoms with van der Waals surface area (Å²) in [5.74, 6) is 0.516. The highest BCUT2D eigenvalue weighted by molar-refractivity contribution is 6.25. The Morgan fingerprint density at radius 2 is 1.40 bits per heavy atom. The lowest BCUT2D eigenvalue weighted by Gasteiger charge is -2.31. The number of hydrogen-bond donors (Lipinski definition) is 1. The first-order chi connectivity index (χ1) is 28.7. The van der Waals surface area contributed by atoms with Crippen LogP contribution >= 0.6 is 0 Å². The second kappa shape index (κ2) is 12.6. The maximum absolute atomic E-state index is 11.4. The SMILES string of the molecule is C/C=C\C=C(/O)N(c1ccc2c(c1)c1cccc3c4cc5c(cc4n2c13)c1c2n5-c3ccc(N(c4ccccc4)c4ccccc4)cc3C2CC=C1)C1C=CC=CC1. The third kappa shape index (κ3) is 4.64. The minimum absolute atomic E-state index is 0.0174. The standard InChI is InChI=1S/C53H40N4O/c1-2-3-25-51(58)55(36-19-11-6-12-20-36)38-27-29-48-44(31-38)40-22-14-24-42-46-32-49-45(33-50(46)57(48)53(40)42)41-23-13-21-39-43-30-37(26-28-47(43)56(49)52(39)41)54(34-15-7-4-8-16-34)35-17-9-5-10-18-35/h2-19,22-33,36,39,58H,20-21H2,1H3/b3-2-,51-25-. The van der Waals surface area contributed by atoms with E-state index in [4.69, 9.17) is 0 Å².